The number of rotatable bonds is 7. The van der Waals surface area contributed by atoms with Gasteiger partial charge in [-0.15, -0.1) is 0 Å². The van der Waals surface area contributed by atoms with Gasteiger partial charge in [0.25, 0.3) is 0 Å². The fourth-order valence-corrected chi connectivity index (χ4v) is 2.84. The molecule has 1 heterocycles. The van der Waals surface area contributed by atoms with E-state index in [0.717, 1.165) is 43.4 Å². The standard InChI is InChI=1S/C17H25BrN2O2/c1-20-10-11-22-16(13-20)12-19-17(21)5-3-2-4-14-6-8-15(18)9-7-14/h6-9,16H,2-5,10-13H2,1H3,(H,19,21)/t16-/m0/s1. The Morgan fingerprint density at radius 3 is 2.86 bits per heavy atom. The van der Waals surface area contributed by atoms with Gasteiger partial charge in [0, 0.05) is 30.5 Å². The van der Waals surface area contributed by atoms with Crippen molar-refractivity contribution < 1.29 is 9.53 Å². The van der Waals surface area contributed by atoms with Gasteiger partial charge >= 0.3 is 0 Å². The number of halogens is 1. The number of benzene rings is 1. The van der Waals surface area contributed by atoms with Crippen LogP contribution in [0.15, 0.2) is 28.7 Å². The summed E-state index contributed by atoms with van der Waals surface area (Å²) in [5.74, 6) is 0.132. The monoisotopic (exact) mass is 368 g/mol. The van der Waals surface area contributed by atoms with Gasteiger partial charge in [-0.2, -0.15) is 0 Å². The Hall–Kier alpha value is -0.910. The van der Waals surface area contributed by atoms with Crippen molar-refractivity contribution >= 4 is 21.8 Å². The van der Waals surface area contributed by atoms with Crippen molar-refractivity contribution in [3.63, 3.8) is 0 Å². The molecule has 1 aliphatic rings. The fourth-order valence-electron chi connectivity index (χ4n) is 2.57. The van der Waals surface area contributed by atoms with Gasteiger partial charge in [-0.1, -0.05) is 28.1 Å². The van der Waals surface area contributed by atoms with Gasteiger partial charge in [-0.25, -0.2) is 0 Å². The molecule has 1 aliphatic heterocycles. The van der Waals surface area contributed by atoms with Crippen LogP contribution in [0.3, 0.4) is 0 Å². The van der Waals surface area contributed by atoms with Gasteiger partial charge < -0.3 is 15.0 Å². The lowest BCUT2D eigenvalue weighted by molar-refractivity contribution is -0.122. The highest BCUT2D eigenvalue weighted by Crippen LogP contribution is 2.12. The number of carbonyl (C=O) groups is 1. The van der Waals surface area contributed by atoms with Crippen LogP contribution >= 0.6 is 15.9 Å². The number of amides is 1. The average molecular weight is 369 g/mol. The molecule has 0 unspecified atom stereocenters. The van der Waals surface area contributed by atoms with Crippen molar-refractivity contribution in [3.05, 3.63) is 34.3 Å². The Bertz CT molecular complexity index is 464. The minimum atomic E-state index is 0.130. The van der Waals surface area contributed by atoms with Gasteiger partial charge in [-0.05, 0) is 44.0 Å². The second kappa shape index (κ2) is 9.28. The molecule has 0 aliphatic carbocycles. The van der Waals surface area contributed by atoms with Crippen molar-refractivity contribution in [1.29, 1.82) is 0 Å². The molecule has 1 aromatic carbocycles. The van der Waals surface area contributed by atoms with Crippen LogP contribution in [0.25, 0.3) is 0 Å². The van der Waals surface area contributed by atoms with Crippen LogP contribution in [0.2, 0.25) is 0 Å². The lowest BCUT2D eigenvalue weighted by atomic mass is 10.1. The minimum absolute atomic E-state index is 0.130. The first-order chi connectivity index (χ1) is 10.6. The van der Waals surface area contributed by atoms with Crippen LogP contribution in [0, 0.1) is 0 Å². The maximum Gasteiger partial charge on any atom is 0.220 e. The van der Waals surface area contributed by atoms with E-state index >= 15 is 0 Å². The maximum absolute atomic E-state index is 11.8. The third-order valence-corrected chi connectivity index (χ3v) is 4.43. The summed E-state index contributed by atoms with van der Waals surface area (Å²) >= 11 is 3.43. The third-order valence-electron chi connectivity index (χ3n) is 3.90. The van der Waals surface area contributed by atoms with E-state index in [2.05, 4.69) is 57.5 Å². The summed E-state index contributed by atoms with van der Waals surface area (Å²) in [4.78, 5) is 14.1. The first-order valence-corrected chi connectivity index (χ1v) is 8.74. The van der Waals surface area contributed by atoms with E-state index in [9.17, 15) is 4.79 Å². The fraction of sp³-hybridized carbons (Fsp3) is 0.588. The first-order valence-electron chi connectivity index (χ1n) is 7.95. The van der Waals surface area contributed by atoms with Crippen LogP contribution < -0.4 is 5.32 Å². The van der Waals surface area contributed by atoms with Gasteiger partial charge in [0.2, 0.25) is 5.91 Å². The average Bonchev–Trinajstić information content (AvgIpc) is 2.51. The molecular formula is C17H25BrN2O2. The summed E-state index contributed by atoms with van der Waals surface area (Å²) in [6.45, 7) is 3.24. The summed E-state index contributed by atoms with van der Waals surface area (Å²) in [6, 6.07) is 8.37. The van der Waals surface area contributed by atoms with E-state index in [0.29, 0.717) is 13.0 Å². The summed E-state index contributed by atoms with van der Waals surface area (Å²) in [5, 5.41) is 2.98. The quantitative estimate of drug-likeness (QED) is 0.752. The van der Waals surface area contributed by atoms with E-state index in [-0.39, 0.29) is 12.0 Å². The predicted molar refractivity (Wildman–Crippen MR) is 91.9 cm³/mol. The molecule has 5 heteroatoms. The van der Waals surface area contributed by atoms with Crippen LogP contribution in [0.5, 0.6) is 0 Å². The molecule has 4 nitrogen and oxygen atoms in total. The number of hydrogen-bond donors (Lipinski definition) is 1. The molecule has 1 amide bonds. The van der Waals surface area contributed by atoms with Gasteiger partial charge in [-0.3, -0.25) is 4.79 Å². The molecular weight excluding hydrogens is 344 g/mol. The number of hydrogen-bond acceptors (Lipinski definition) is 3. The maximum atomic E-state index is 11.8. The smallest absolute Gasteiger partial charge is 0.220 e. The van der Waals surface area contributed by atoms with E-state index < -0.39 is 0 Å². The zero-order chi connectivity index (χ0) is 15.8. The molecule has 1 aromatic rings. The zero-order valence-corrected chi connectivity index (χ0v) is 14.8. The Morgan fingerprint density at radius 2 is 2.14 bits per heavy atom. The van der Waals surface area contributed by atoms with E-state index in [1.807, 2.05) is 0 Å². The normalized spacial score (nSPS) is 19.1. The third kappa shape index (κ3) is 6.46. The molecule has 22 heavy (non-hydrogen) atoms. The summed E-state index contributed by atoms with van der Waals surface area (Å²) in [7, 11) is 2.08. The molecule has 0 bridgehead atoms. The molecule has 0 saturated carbocycles. The molecule has 1 fully saturated rings. The number of morpholine rings is 1. The van der Waals surface area contributed by atoms with Crippen molar-refractivity contribution in [2.45, 2.75) is 31.8 Å². The Balaban J connectivity index is 1.55. The van der Waals surface area contributed by atoms with Crippen molar-refractivity contribution in [2.24, 2.45) is 0 Å². The van der Waals surface area contributed by atoms with Crippen molar-refractivity contribution in [2.75, 3.05) is 33.3 Å². The lowest BCUT2D eigenvalue weighted by Crippen LogP contribution is -2.45. The molecule has 0 spiro atoms. The highest BCUT2D eigenvalue weighted by molar-refractivity contribution is 9.10. The zero-order valence-electron chi connectivity index (χ0n) is 13.2. The summed E-state index contributed by atoms with van der Waals surface area (Å²) < 4.78 is 6.73. The van der Waals surface area contributed by atoms with Gasteiger partial charge in [0.15, 0.2) is 0 Å². The second-order valence-electron chi connectivity index (χ2n) is 5.89. The van der Waals surface area contributed by atoms with Crippen LogP contribution in [-0.4, -0.2) is 50.2 Å². The minimum Gasteiger partial charge on any atom is -0.374 e. The number of carbonyl (C=O) groups excluding carboxylic acids is 1. The van der Waals surface area contributed by atoms with Crippen LogP contribution in [0.4, 0.5) is 0 Å². The summed E-state index contributed by atoms with van der Waals surface area (Å²) in [5.41, 5.74) is 1.32. The molecule has 122 valence electrons. The van der Waals surface area contributed by atoms with E-state index in [1.165, 1.54) is 5.56 Å². The number of unbranched alkanes of at least 4 members (excludes halogenated alkanes) is 1. The summed E-state index contributed by atoms with van der Waals surface area (Å²) in [6.07, 6.45) is 3.71. The largest absolute Gasteiger partial charge is 0.374 e. The van der Waals surface area contributed by atoms with Gasteiger partial charge in [0.1, 0.15) is 0 Å². The molecule has 2 rings (SSSR count). The van der Waals surface area contributed by atoms with Crippen LogP contribution in [0.1, 0.15) is 24.8 Å². The van der Waals surface area contributed by atoms with Gasteiger partial charge in [0.05, 0.1) is 12.7 Å². The number of nitrogens with zero attached hydrogens (tertiary/aromatic N) is 1. The van der Waals surface area contributed by atoms with E-state index in [1.54, 1.807) is 0 Å². The Morgan fingerprint density at radius 1 is 1.36 bits per heavy atom. The Labute approximate surface area is 141 Å². The topological polar surface area (TPSA) is 41.6 Å². The number of nitrogens with one attached hydrogen (secondary N) is 1. The van der Waals surface area contributed by atoms with E-state index in [4.69, 9.17) is 4.74 Å². The highest BCUT2D eigenvalue weighted by atomic mass is 79.9. The molecule has 0 aromatic heterocycles. The first kappa shape index (κ1) is 17.4. The molecule has 0 radical (unpaired) electrons. The molecule has 1 atom stereocenters. The number of aryl methyl sites for hydroxylation is 1. The Kier molecular flexibility index (Phi) is 7.36. The van der Waals surface area contributed by atoms with Crippen molar-refractivity contribution in [3.8, 4) is 0 Å². The predicted octanol–water partition coefficient (Wildman–Crippen LogP) is 2.61. The number of likely N-dealkylation sites (N-methyl/N-ethyl adjacent to an activating group) is 1. The number of ether oxygens (including phenoxy) is 1. The van der Waals surface area contributed by atoms with Crippen LogP contribution in [-0.2, 0) is 16.0 Å². The molecule has 1 saturated heterocycles. The lowest BCUT2D eigenvalue weighted by Gasteiger charge is -2.30. The highest BCUT2D eigenvalue weighted by Gasteiger charge is 2.17. The second-order valence-corrected chi connectivity index (χ2v) is 6.81. The molecule has 1 N–H and O–H groups in total. The van der Waals surface area contributed by atoms with Crippen molar-refractivity contribution in [1.82, 2.24) is 10.2 Å². The SMILES string of the molecule is CN1CCO[C@@H](CNC(=O)CCCCc2ccc(Br)cc2)C1.